The summed E-state index contributed by atoms with van der Waals surface area (Å²) in [6.45, 7) is 0.463. The van der Waals surface area contributed by atoms with Crippen molar-refractivity contribution in [2.24, 2.45) is 0 Å². The van der Waals surface area contributed by atoms with Gasteiger partial charge in [-0.1, -0.05) is 48.0 Å². The minimum Gasteiger partial charge on any atom is -0.493 e. The van der Waals surface area contributed by atoms with Gasteiger partial charge in [-0.15, -0.1) is 0 Å². The van der Waals surface area contributed by atoms with Gasteiger partial charge in [-0.2, -0.15) is 0 Å². The third kappa shape index (κ3) is 3.78. The normalized spacial score (nSPS) is 15.1. The molecule has 3 aromatic carbocycles. The lowest BCUT2D eigenvalue weighted by Gasteiger charge is -2.26. The Labute approximate surface area is 192 Å². The fraction of sp³-hybridized carbons (Fsp3) is 0.120. The van der Waals surface area contributed by atoms with Crippen molar-refractivity contribution in [2.45, 2.75) is 12.5 Å². The molecule has 1 N–H and O–H groups in total. The molecule has 0 radical (unpaired) electrons. The molecule has 1 aromatic heterocycles. The zero-order valence-corrected chi connectivity index (χ0v) is 17.8. The van der Waals surface area contributed by atoms with E-state index in [0.29, 0.717) is 30.2 Å². The predicted molar refractivity (Wildman–Crippen MR) is 119 cm³/mol. The van der Waals surface area contributed by atoms with Gasteiger partial charge < -0.3 is 10.1 Å². The highest BCUT2D eigenvalue weighted by Crippen LogP contribution is 2.36. The number of para-hydroxylation sites is 2. The van der Waals surface area contributed by atoms with Crippen LogP contribution in [0.2, 0.25) is 5.02 Å². The minimum atomic E-state index is -1.30. The van der Waals surface area contributed by atoms with Crippen LogP contribution in [0.3, 0.4) is 0 Å². The van der Waals surface area contributed by atoms with Crippen LogP contribution in [0.4, 0.5) is 13.2 Å². The molecule has 4 nitrogen and oxygen atoms in total. The zero-order valence-electron chi connectivity index (χ0n) is 17.0. The Bertz CT molecular complexity index is 1410. The topological polar surface area (TPSA) is 51.2 Å². The Morgan fingerprint density at radius 1 is 1.06 bits per heavy atom. The van der Waals surface area contributed by atoms with Crippen LogP contribution in [0.1, 0.15) is 28.4 Å². The molecule has 1 amide bonds. The second kappa shape index (κ2) is 8.41. The van der Waals surface area contributed by atoms with Gasteiger partial charge in [0.05, 0.1) is 28.8 Å². The first kappa shape index (κ1) is 21.3. The van der Waals surface area contributed by atoms with E-state index in [-0.39, 0.29) is 33.3 Å². The Morgan fingerprint density at radius 3 is 2.73 bits per heavy atom. The van der Waals surface area contributed by atoms with Gasteiger partial charge in [-0.3, -0.25) is 9.78 Å². The molecule has 2 heterocycles. The van der Waals surface area contributed by atoms with Crippen molar-refractivity contribution in [3.63, 3.8) is 0 Å². The average Bonchev–Trinajstić information content (AvgIpc) is 2.81. The minimum absolute atomic E-state index is 0.108. The number of benzene rings is 3. The van der Waals surface area contributed by atoms with E-state index in [1.165, 1.54) is 12.3 Å². The van der Waals surface area contributed by atoms with E-state index in [1.807, 2.05) is 24.3 Å². The molecule has 0 spiro atoms. The highest BCUT2D eigenvalue weighted by Gasteiger charge is 2.25. The maximum atomic E-state index is 14.4. The second-order valence-corrected chi connectivity index (χ2v) is 8.02. The van der Waals surface area contributed by atoms with Crippen LogP contribution in [-0.4, -0.2) is 17.5 Å². The molecular weight excluding hydrogens is 453 g/mol. The van der Waals surface area contributed by atoms with Crippen LogP contribution >= 0.6 is 11.6 Å². The van der Waals surface area contributed by atoms with Crippen LogP contribution in [0.15, 0.2) is 60.8 Å². The van der Waals surface area contributed by atoms with Gasteiger partial charge in [0.25, 0.3) is 5.91 Å². The molecular formula is C25H16ClF3N2O2. The summed E-state index contributed by atoms with van der Waals surface area (Å²) in [7, 11) is 0. The largest absolute Gasteiger partial charge is 0.493 e. The molecule has 5 rings (SSSR count). The van der Waals surface area contributed by atoms with Crippen molar-refractivity contribution in [2.75, 3.05) is 6.61 Å². The first-order valence-electron chi connectivity index (χ1n) is 10.2. The molecule has 8 heteroatoms. The lowest BCUT2D eigenvalue weighted by Crippen LogP contribution is -2.32. The number of nitrogens with zero attached hydrogens (tertiary/aromatic N) is 1. The van der Waals surface area contributed by atoms with Crippen molar-refractivity contribution in [1.29, 1.82) is 0 Å². The molecule has 0 saturated heterocycles. The summed E-state index contributed by atoms with van der Waals surface area (Å²) < 4.78 is 47.6. The molecule has 0 aliphatic carbocycles. The summed E-state index contributed by atoms with van der Waals surface area (Å²) >= 11 is 6.55. The Hall–Kier alpha value is -3.58. The van der Waals surface area contributed by atoms with Gasteiger partial charge in [0.2, 0.25) is 0 Å². The highest BCUT2D eigenvalue weighted by molar-refractivity contribution is 6.38. The van der Waals surface area contributed by atoms with Gasteiger partial charge in [-0.05, 0) is 12.1 Å². The van der Waals surface area contributed by atoms with Crippen LogP contribution in [0.5, 0.6) is 5.75 Å². The number of halogens is 4. The lowest BCUT2D eigenvalue weighted by molar-refractivity contribution is 0.0924. The molecule has 0 saturated carbocycles. The van der Waals surface area contributed by atoms with Crippen LogP contribution in [0.25, 0.3) is 22.0 Å². The average molecular weight is 469 g/mol. The van der Waals surface area contributed by atoms with Crippen LogP contribution in [0, 0.1) is 17.5 Å². The lowest BCUT2D eigenvalue weighted by atomic mass is 9.99. The molecule has 1 atom stereocenters. The van der Waals surface area contributed by atoms with Crippen molar-refractivity contribution in [1.82, 2.24) is 10.3 Å². The van der Waals surface area contributed by atoms with E-state index >= 15 is 0 Å². The number of aromatic nitrogens is 1. The Balaban J connectivity index is 1.53. The van der Waals surface area contributed by atoms with Gasteiger partial charge in [0, 0.05) is 40.8 Å². The smallest absolute Gasteiger partial charge is 0.254 e. The fourth-order valence-electron chi connectivity index (χ4n) is 4.05. The molecule has 0 fully saturated rings. The number of carbonyl (C=O) groups is 1. The van der Waals surface area contributed by atoms with Gasteiger partial charge in [-0.25, -0.2) is 13.2 Å². The zero-order chi connectivity index (χ0) is 23.1. The van der Waals surface area contributed by atoms with Crippen LogP contribution < -0.4 is 10.1 Å². The summed E-state index contributed by atoms with van der Waals surface area (Å²) in [5, 5.41) is 3.43. The summed E-state index contributed by atoms with van der Waals surface area (Å²) in [6.07, 6.45) is 1.87. The quantitative estimate of drug-likeness (QED) is 0.363. The van der Waals surface area contributed by atoms with Crippen molar-refractivity contribution in [3.8, 4) is 16.9 Å². The summed E-state index contributed by atoms with van der Waals surface area (Å²) in [5.74, 6) is -3.13. The van der Waals surface area contributed by atoms with E-state index in [9.17, 15) is 18.0 Å². The molecule has 1 aliphatic rings. The molecule has 1 aliphatic heterocycles. The Morgan fingerprint density at radius 2 is 1.88 bits per heavy atom. The second-order valence-electron chi connectivity index (χ2n) is 7.64. The van der Waals surface area contributed by atoms with Gasteiger partial charge >= 0.3 is 0 Å². The third-order valence-corrected chi connectivity index (χ3v) is 6.03. The van der Waals surface area contributed by atoms with E-state index in [1.54, 1.807) is 12.1 Å². The number of fused-ring (bicyclic) bond motifs is 2. The van der Waals surface area contributed by atoms with E-state index < -0.39 is 23.4 Å². The summed E-state index contributed by atoms with van der Waals surface area (Å²) in [6, 6.07) is 13.2. The molecule has 1 unspecified atom stereocenters. The number of pyridine rings is 1. The summed E-state index contributed by atoms with van der Waals surface area (Å²) in [5.41, 5.74) is 1.11. The van der Waals surface area contributed by atoms with Gasteiger partial charge in [0.1, 0.15) is 11.6 Å². The number of hydrogen-bond acceptors (Lipinski definition) is 3. The van der Waals surface area contributed by atoms with E-state index in [4.69, 9.17) is 16.3 Å². The molecule has 166 valence electrons. The number of rotatable bonds is 3. The number of nitrogens with one attached hydrogen (secondary N) is 1. The van der Waals surface area contributed by atoms with E-state index in [2.05, 4.69) is 10.3 Å². The first-order valence-corrected chi connectivity index (χ1v) is 10.6. The first-order chi connectivity index (χ1) is 15.9. The highest BCUT2D eigenvalue weighted by atomic mass is 35.5. The van der Waals surface area contributed by atoms with Crippen molar-refractivity contribution in [3.05, 3.63) is 94.4 Å². The number of hydrogen-bond donors (Lipinski definition) is 1. The fourth-order valence-corrected chi connectivity index (χ4v) is 4.33. The number of amides is 1. The van der Waals surface area contributed by atoms with E-state index in [0.717, 1.165) is 11.6 Å². The molecule has 4 aromatic rings. The summed E-state index contributed by atoms with van der Waals surface area (Å²) in [4.78, 5) is 17.3. The standard InChI is InChI=1S/C25H16ClF3N2O2/c26-22-16-6-3-5-14(17-10-13(27)11-19(28)23(17)29)24(16)30-12-18(22)25(32)31-20-8-9-33-21-7-2-1-4-15(20)21/h1-7,10-12,20H,8-9H2,(H,31,32). The predicted octanol–water partition coefficient (Wildman–Crippen LogP) is 6.23. The van der Waals surface area contributed by atoms with Crippen molar-refractivity contribution >= 4 is 28.4 Å². The molecule has 0 bridgehead atoms. The third-order valence-electron chi connectivity index (χ3n) is 5.62. The van der Waals surface area contributed by atoms with Gasteiger partial charge in [0.15, 0.2) is 11.6 Å². The molecule has 33 heavy (non-hydrogen) atoms. The maximum absolute atomic E-state index is 14.4. The Kier molecular flexibility index (Phi) is 5.42. The SMILES string of the molecule is O=C(NC1CCOc2ccccc21)c1cnc2c(-c3cc(F)cc(F)c3F)cccc2c1Cl. The monoisotopic (exact) mass is 468 g/mol. The maximum Gasteiger partial charge on any atom is 0.254 e. The number of ether oxygens (including phenoxy) is 1. The van der Waals surface area contributed by atoms with Crippen molar-refractivity contribution < 1.29 is 22.7 Å². The van der Waals surface area contributed by atoms with Crippen LogP contribution in [-0.2, 0) is 0 Å². The number of carbonyl (C=O) groups excluding carboxylic acids is 1.